The predicted octanol–water partition coefficient (Wildman–Crippen LogP) is 4.53. The smallest absolute Gasteiger partial charge is 0.337 e. The molecule has 166 valence electrons. The van der Waals surface area contributed by atoms with Crippen LogP contribution in [0.2, 0.25) is 0 Å². The van der Waals surface area contributed by atoms with Gasteiger partial charge in [-0.15, -0.1) is 0 Å². The van der Waals surface area contributed by atoms with Crippen molar-refractivity contribution < 1.29 is 9.47 Å². The van der Waals surface area contributed by atoms with E-state index < -0.39 is 0 Å². The number of hydrogen-bond acceptors (Lipinski definition) is 4. The maximum Gasteiger partial charge on any atom is 0.337 e. The molecule has 1 aromatic heterocycles. The molecule has 0 amide bonds. The molecule has 1 unspecified atom stereocenters. The molecule has 0 aliphatic carbocycles. The summed E-state index contributed by atoms with van der Waals surface area (Å²) in [5.41, 5.74) is 1.49. The molecule has 0 spiro atoms. The molecule has 31 heavy (non-hydrogen) atoms. The Morgan fingerprint density at radius 2 is 1.42 bits per heavy atom. The fraction of sp³-hybridized carbons (Fsp3) is 0.400. The van der Waals surface area contributed by atoms with Gasteiger partial charge in [-0.25, -0.2) is 4.79 Å². The monoisotopic (exact) mass is 423 g/mol. The molecule has 0 saturated carbocycles. The van der Waals surface area contributed by atoms with Gasteiger partial charge in [0.15, 0.2) is 0 Å². The molecule has 1 atom stereocenters. The summed E-state index contributed by atoms with van der Waals surface area (Å²) >= 11 is 0. The second-order valence-corrected chi connectivity index (χ2v) is 7.90. The van der Waals surface area contributed by atoms with Crippen molar-refractivity contribution in [3.63, 3.8) is 0 Å². The van der Waals surface area contributed by atoms with Crippen LogP contribution in [0.5, 0.6) is 11.5 Å². The molecule has 1 heterocycles. The Morgan fingerprint density at radius 1 is 0.871 bits per heavy atom. The highest BCUT2D eigenvalue weighted by Gasteiger charge is 2.10. The number of nitrogens with zero attached hydrogens (tertiary/aromatic N) is 3. The number of rotatable bonds is 11. The van der Waals surface area contributed by atoms with Crippen molar-refractivity contribution in [1.29, 1.82) is 0 Å². The van der Waals surface area contributed by atoms with Crippen LogP contribution in [0.25, 0.3) is 11.4 Å². The van der Waals surface area contributed by atoms with E-state index in [9.17, 15) is 4.79 Å². The Morgan fingerprint density at radius 3 is 1.90 bits per heavy atom. The summed E-state index contributed by atoms with van der Waals surface area (Å²) in [6.07, 6.45) is 6.92. The van der Waals surface area contributed by atoms with Crippen LogP contribution in [0.4, 0.5) is 0 Å². The maximum absolute atomic E-state index is 13.0. The van der Waals surface area contributed by atoms with Gasteiger partial charge >= 0.3 is 5.69 Å². The zero-order valence-corrected chi connectivity index (χ0v) is 19.0. The summed E-state index contributed by atoms with van der Waals surface area (Å²) in [5.74, 6) is 1.63. The third-order valence-electron chi connectivity index (χ3n) is 5.18. The molecule has 0 fully saturated rings. The lowest BCUT2D eigenvalue weighted by atomic mass is 10.1. The Kier molecular flexibility index (Phi) is 7.95. The Hall–Kier alpha value is -2.99. The van der Waals surface area contributed by atoms with E-state index in [0.29, 0.717) is 6.61 Å². The van der Waals surface area contributed by atoms with E-state index in [1.54, 1.807) is 21.5 Å². The van der Waals surface area contributed by atoms with Gasteiger partial charge in [-0.3, -0.25) is 9.13 Å². The van der Waals surface area contributed by atoms with Gasteiger partial charge < -0.3 is 14.4 Å². The Balaban J connectivity index is 1.70. The summed E-state index contributed by atoms with van der Waals surface area (Å²) in [6, 6.07) is 15.3. The fourth-order valence-corrected chi connectivity index (χ4v) is 3.37. The minimum Gasteiger partial charge on any atom is -0.492 e. The first-order chi connectivity index (χ1) is 15.0. The lowest BCUT2D eigenvalue weighted by molar-refractivity contribution is 0.186. The van der Waals surface area contributed by atoms with Crippen LogP contribution in [0.1, 0.15) is 33.1 Å². The summed E-state index contributed by atoms with van der Waals surface area (Å²) in [7, 11) is 4.02. The third-order valence-corrected chi connectivity index (χ3v) is 5.18. The Bertz CT molecular complexity index is 988. The molecule has 0 saturated heterocycles. The number of ether oxygens (including phenoxy) is 2. The molecule has 6 nitrogen and oxygen atoms in total. The fourth-order valence-electron chi connectivity index (χ4n) is 3.37. The van der Waals surface area contributed by atoms with Gasteiger partial charge in [-0.1, -0.05) is 20.3 Å². The largest absolute Gasteiger partial charge is 0.492 e. The van der Waals surface area contributed by atoms with E-state index in [1.165, 1.54) is 0 Å². The highest BCUT2D eigenvalue weighted by Crippen LogP contribution is 2.19. The lowest BCUT2D eigenvalue weighted by Crippen LogP contribution is -2.21. The molecule has 0 aliphatic rings. The van der Waals surface area contributed by atoms with E-state index in [4.69, 9.17) is 9.47 Å². The van der Waals surface area contributed by atoms with Gasteiger partial charge in [-0.2, -0.15) is 0 Å². The topological polar surface area (TPSA) is 48.6 Å². The van der Waals surface area contributed by atoms with Crippen LogP contribution in [0, 0.1) is 0 Å². The average Bonchev–Trinajstić information content (AvgIpc) is 3.15. The first kappa shape index (κ1) is 22.7. The number of likely N-dealkylation sites (N-methyl/N-ethyl adjacent to an activating group) is 1. The van der Waals surface area contributed by atoms with Crippen molar-refractivity contribution >= 4 is 0 Å². The highest BCUT2D eigenvalue weighted by atomic mass is 16.5. The van der Waals surface area contributed by atoms with E-state index in [0.717, 1.165) is 48.7 Å². The van der Waals surface area contributed by atoms with Gasteiger partial charge in [0.05, 0.1) is 17.5 Å². The van der Waals surface area contributed by atoms with Crippen LogP contribution in [-0.2, 0) is 0 Å². The standard InChI is InChI=1S/C25H33N3O3/c1-5-7-22(6-2)31-24-14-10-21(11-15-24)28-17-16-27(25(28)29)20-8-12-23(13-9-20)30-19-18-26(3)4/h8-17,22H,5-7,18-19H2,1-4H3. The van der Waals surface area contributed by atoms with E-state index in [1.807, 2.05) is 62.6 Å². The summed E-state index contributed by atoms with van der Waals surface area (Å²) < 4.78 is 15.0. The molecule has 6 heteroatoms. The van der Waals surface area contributed by atoms with E-state index in [-0.39, 0.29) is 11.8 Å². The summed E-state index contributed by atoms with van der Waals surface area (Å²) in [4.78, 5) is 15.0. The lowest BCUT2D eigenvalue weighted by Gasteiger charge is -2.17. The van der Waals surface area contributed by atoms with Gasteiger partial charge in [0.25, 0.3) is 0 Å². The van der Waals surface area contributed by atoms with Crippen LogP contribution >= 0.6 is 0 Å². The molecular formula is C25H33N3O3. The molecule has 0 bridgehead atoms. The van der Waals surface area contributed by atoms with Gasteiger partial charge in [0.2, 0.25) is 0 Å². The minimum absolute atomic E-state index is 0.118. The zero-order valence-electron chi connectivity index (χ0n) is 19.0. The number of benzene rings is 2. The third kappa shape index (κ3) is 6.01. The quantitative estimate of drug-likeness (QED) is 0.455. The van der Waals surface area contributed by atoms with E-state index in [2.05, 4.69) is 18.7 Å². The zero-order chi connectivity index (χ0) is 22.2. The molecular weight excluding hydrogens is 390 g/mol. The van der Waals surface area contributed by atoms with Crippen molar-refractivity contribution in [3.8, 4) is 22.9 Å². The SMILES string of the molecule is CCCC(CC)Oc1ccc(-n2ccn(-c3ccc(OCCN(C)C)cc3)c2=O)cc1. The first-order valence-electron chi connectivity index (χ1n) is 11.0. The van der Waals surface area contributed by atoms with E-state index >= 15 is 0 Å². The van der Waals surface area contributed by atoms with Gasteiger partial charge in [0, 0.05) is 18.9 Å². The van der Waals surface area contributed by atoms with Crippen molar-refractivity contribution in [2.24, 2.45) is 0 Å². The van der Waals surface area contributed by atoms with Crippen LogP contribution in [-0.4, -0.2) is 47.4 Å². The first-order valence-corrected chi connectivity index (χ1v) is 11.0. The van der Waals surface area contributed by atoms with Gasteiger partial charge in [-0.05, 0) is 75.5 Å². The van der Waals surface area contributed by atoms with Crippen LogP contribution in [0.3, 0.4) is 0 Å². The van der Waals surface area contributed by atoms with Crippen molar-refractivity contribution in [1.82, 2.24) is 14.0 Å². The molecule has 0 N–H and O–H groups in total. The van der Waals surface area contributed by atoms with Crippen molar-refractivity contribution in [2.45, 2.75) is 39.2 Å². The molecule has 0 aliphatic heterocycles. The van der Waals surface area contributed by atoms with Crippen LogP contribution < -0.4 is 15.2 Å². The number of aromatic nitrogens is 2. The average molecular weight is 424 g/mol. The van der Waals surface area contributed by atoms with Crippen molar-refractivity contribution in [3.05, 3.63) is 71.4 Å². The molecule has 0 radical (unpaired) electrons. The molecule has 3 aromatic rings. The second-order valence-electron chi connectivity index (χ2n) is 7.90. The second kappa shape index (κ2) is 10.9. The highest BCUT2D eigenvalue weighted by molar-refractivity contribution is 5.40. The molecule has 2 aromatic carbocycles. The minimum atomic E-state index is -0.118. The maximum atomic E-state index is 13.0. The van der Waals surface area contributed by atoms with Gasteiger partial charge in [0.1, 0.15) is 18.1 Å². The number of hydrogen-bond donors (Lipinski definition) is 0. The number of imidazole rings is 1. The molecule has 3 rings (SSSR count). The predicted molar refractivity (Wildman–Crippen MR) is 125 cm³/mol. The summed E-state index contributed by atoms with van der Waals surface area (Å²) in [5, 5.41) is 0. The van der Waals surface area contributed by atoms with Crippen molar-refractivity contribution in [2.75, 3.05) is 27.2 Å². The van der Waals surface area contributed by atoms with Crippen LogP contribution in [0.15, 0.2) is 65.7 Å². The normalized spacial score (nSPS) is 12.2. The Labute approximate surface area is 184 Å². The summed E-state index contributed by atoms with van der Waals surface area (Å²) in [6.45, 7) is 5.78.